The van der Waals surface area contributed by atoms with E-state index in [9.17, 15) is 4.79 Å². The molecule has 7 heteroatoms. The molecular weight excluding hydrogens is 336 g/mol. The number of aromatic nitrogens is 2. The van der Waals surface area contributed by atoms with E-state index < -0.39 is 5.91 Å². The quantitative estimate of drug-likeness (QED) is 0.726. The van der Waals surface area contributed by atoms with Crippen LogP contribution in [-0.2, 0) is 0 Å². The number of nitrogens with two attached hydrogens (primary N) is 1. The molecule has 1 aliphatic rings. The van der Waals surface area contributed by atoms with E-state index in [1.165, 1.54) is 19.2 Å². The highest BCUT2D eigenvalue weighted by Crippen LogP contribution is 2.34. The SMILES string of the molecule is NC(=O)c1ccc(Nc2ncnc3sccc23)c(OC2CCCC2)c1. The molecule has 0 aliphatic heterocycles. The van der Waals surface area contributed by atoms with Crippen molar-refractivity contribution >= 4 is 39.0 Å². The van der Waals surface area contributed by atoms with Gasteiger partial charge in [-0.1, -0.05) is 0 Å². The molecule has 1 aliphatic carbocycles. The number of rotatable bonds is 5. The molecule has 0 saturated heterocycles. The summed E-state index contributed by atoms with van der Waals surface area (Å²) in [7, 11) is 0. The van der Waals surface area contributed by atoms with E-state index in [-0.39, 0.29) is 6.10 Å². The van der Waals surface area contributed by atoms with E-state index in [2.05, 4.69) is 15.3 Å². The molecule has 0 unspecified atom stereocenters. The van der Waals surface area contributed by atoms with Crippen molar-refractivity contribution in [1.29, 1.82) is 0 Å². The highest BCUT2D eigenvalue weighted by molar-refractivity contribution is 7.16. The summed E-state index contributed by atoms with van der Waals surface area (Å²) in [5.41, 5.74) is 6.62. The second kappa shape index (κ2) is 6.68. The maximum absolute atomic E-state index is 11.5. The van der Waals surface area contributed by atoms with Crippen LogP contribution >= 0.6 is 11.3 Å². The van der Waals surface area contributed by atoms with Gasteiger partial charge in [0, 0.05) is 5.56 Å². The van der Waals surface area contributed by atoms with Crippen molar-refractivity contribution < 1.29 is 9.53 Å². The lowest BCUT2D eigenvalue weighted by Crippen LogP contribution is -2.15. The Bertz CT molecular complexity index is 918. The molecular formula is C18H18N4O2S. The first-order valence-electron chi connectivity index (χ1n) is 8.26. The third-order valence-electron chi connectivity index (χ3n) is 4.38. The molecule has 2 aromatic heterocycles. The summed E-state index contributed by atoms with van der Waals surface area (Å²) in [6.07, 6.45) is 6.12. The Morgan fingerprint density at radius 2 is 2.08 bits per heavy atom. The number of nitrogens with zero attached hydrogens (tertiary/aromatic N) is 2. The van der Waals surface area contributed by atoms with Crippen LogP contribution in [-0.4, -0.2) is 22.0 Å². The van der Waals surface area contributed by atoms with E-state index in [4.69, 9.17) is 10.5 Å². The highest BCUT2D eigenvalue weighted by atomic mass is 32.1. The number of fused-ring (bicyclic) bond motifs is 1. The third kappa shape index (κ3) is 3.28. The second-order valence-electron chi connectivity index (χ2n) is 6.09. The van der Waals surface area contributed by atoms with Crippen LogP contribution in [0, 0.1) is 0 Å². The van der Waals surface area contributed by atoms with Gasteiger partial charge in [-0.3, -0.25) is 4.79 Å². The minimum absolute atomic E-state index is 0.176. The predicted molar refractivity (Wildman–Crippen MR) is 98.5 cm³/mol. The zero-order chi connectivity index (χ0) is 17.2. The Labute approximate surface area is 149 Å². The van der Waals surface area contributed by atoms with Gasteiger partial charge >= 0.3 is 0 Å². The van der Waals surface area contributed by atoms with Crippen molar-refractivity contribution in [3.05, 3.63) is 41.5 Å². The Balaban J connectivity index is 1.69. The van der Waals surface area contributed by atoms with Crippen LogP contribution in [0.1, 0.15) is 36.0 Å². The number of anilines is 2. The van der Waals surface area contributed by atoms with E-state index in [0.717, 1.165) is 28.7 Å². The van der Waals surface area contributed by atoms with Crippen LogP contribution in [0.3, 0.4) is 0 Å². The Morgan fingerprint density at radius 3 is 2.88 bits per heavy atom. The molecule has 0 spiro atoms. The molecule has 2 heterocycles. The molecule has 3 N–H and O–H groups in total. The third-order valence-corrected chi connectivity index (χ3v) is 5.20. The van der Waals surface area contributed by atoms with Crippen LogP contribution < -0.4 is 15.8 Å². The lowest BCUT2D eigenvalue weighted by Gasteiger charge is -2.18. The fourth-order valence-corrected chi connectivity index (χ4v) is 3.81. The normalized spacial score (nSPS) is 14.7. The number of carbonyl (C=O) groups excluding carboxylic acids is 1. The molecule has 0 radical (unpaired) electrons. The molecule has 1 amide bonds. The fourth-order valence-electron chi connectivity index (χ4n) is 3.08. The summed E-state index contributed by atoms with van der Waals surface area (Å²) in [5.74, 6) is 0.879. The van der Waals surface area contributed by atoms with E-state index >= 15 is 0 Å². The van der Waals surface area contributed by atoms with Gasteiger partial charge in [-0.05, 0) is 55.3 Å². The first-order valence-corrected chi connectivity index (χ1v) is 9.14. The van der Waals surface area contributed by atoms with Gasteiger partial charge in [0.15, 0.2) is 0 Å². The summed E-state index contributed by atoms with van der Waals surface area (Å²) in [4.78, 5) is 21.1. The second-order valence-corrected chi connectivity index (χ2v) is 6.98. The number of amides is 1. The van der Waals surface area contributed by atoms with Crippen molar-refractivity contribution in [3.63, 3.8) is 0 Å². The van der Waals surface area contributed by atoms with Gasteiger partial charge in [-0.25, -0.2) is 9.97 Å². The van der Waals surface area contributed by atoms with Gasteiger partial charge in [-0.15, -0.1) is 11.3 Å². The zero-order valence-corrected chi connectivity index (χ0v) is 14.4. The van der Waals surface area contributed by atoms with Crippen molar-refractivity contribution in [3.8, 4) is 5.75 Å². The smallest absolute Gasteiger partial charge is 0.248 e. The first kappa shape index (κ1) is 15.8. The van der Waals surface area contributed by atoms with Crippen molar-refractivity contribution in [2.75, 3.05) is 5.32 Å². The van der Waals surface area contributed by atoms with Crippen LogP contribution in [0.2, 0.25) is 0 Å². The molecule has 128 valence electrons. The molecule has 4 rings (SSSR count). The number of thiophene rings is 1. The van der Waals surface area contributed by atoms with E-state index in [1.54, 1.807) is 23.5 Å². The number of nitrogens with one attached hydrogen (secondary N) is 1. The van der Waals surface area contributed by atoms with Gasteiger partial charge in [0.25, 0.3) is 0 Å². The van der Waals surface area contributed by atoms with Gasteiger partial charge in [0.2, 0.25) is 5.91 Å². The minimum atomic E-state index is -0.468. The van der Waals surface area contributed by atoms with Crippen LogP contribution in [0.4, 0.5) is 11.5 Å². The zero-order valence-electron chi connectivity index (χ0n) is 13.6. The van der Waals surface area contributed by atoms with E-state index in [1.807, 2.05) is 17.5 Å². The molecule has 1 fully saturated rings. The van der Waals surface area contributed by atoms with Crippen LogP contribution in [0.15, 0.2) is 36.0 Å². The first-order chi connectivity index (χ1) is 12.2. The van der Waals surface area contributed by atoms with Crippen molar-refractivity contribution in [1.82, 2.24) is 9.97 Å². The Morgan fingerprint density at radius 1 is 1.24 bits per heavy atom. The molecule has 1 aromatic carbocycles. The monoisotopic (exact) mass is 354 g/mol. The Kier molecular flexibility index (Phi) is 4.23. The molecule has 1 saturated carbocycles. The fraction of sp³-hybridized carbons (Fsp3) is 0.278. The summed E-state index contributed by atoms with van der Waals surface area (Å²) in [5, 5.41) is 6.26. The maximum Gasteiger partial charge on any atom is 0.248 e. The largest absolute Gasteiger partial charge is 0.488 e. The minimum Gasteiger partial charge on any atom is -0.488 e. The average Bonchev–Trinajstić information content (AvgIpc) is 3.28. The number of carbonyl (C=O) groups is 1. The number of ether oxygens (including phenoxy) is 1. The summed E-state index contributed by atoms with van der Waals surface area (Å²) in [6, 6.07) is 7.19. The number of hydrogen-bond donors (Lipinski definition) is 2. The summed E-state index contributed by atoms with van der Waals surface area (Å²) < 4.78 is 6.15. The molecule has 0 atom stereocenters. The Hall–Kier alpha value is -2.67. The van der Waals surface area contributed by atoms with Gasteiger partial charge in [0.05, 0.1) is 17.2 Å². The maximum atomic E-state index is 11.5. The van der Waals surface area contributed by atoms with Gasteiger partial charge in [-0.2, -0.15) is 0 Å². The van der Waals surface area contributed by atoms with Gasteiger partial charge in [0.1, 0.15) is 22.7 Å². The lowest BCUT2D eigenvalue weighted by molar-refractivity contribution is 0.0999. The molecule has 25 heavy (non-hydrogen) atoms. The predicted octanol–water partition coefficient (Wildman–Crippen LogP) is 3.86. The standard InChI is InChI=1S/C18H18N4O2S/c19-16(23)11-5-6-14(15(9-11)24-12-3-1-2-4-12)22-17-13-7-8-25-18(13)21-10-20-17/h5-10,12H,1-4H2,(H2,19,23)(H,20,21,22). The van der Waals surface area contributed by atoms with Gasteiger partial charge < -0.3 is 15.8 Å². The topological polar surface area (TPSA) is 90.1 Å². The molecule has 6 nitrogen and oxygen atoms in total. The van der Waals surface area contributed by atoms with Crippen LogP contribution in [0.5, 0.6) is 5.75 Å². The average molecular weight is 354 g/mol. The van der Waals surface area contributed by atoms with E-state index in [0.29, 0.717) is 17.1 Å². The highest BCUT2D eigenvalue weighted by Gasteiger charge is 2.19. The summed E-state index contributed by atoms with van der Waals surface area (Å²) in [6.45, 7) is 0. The summed E-state index contributed by atoms with van der Waals surface area (Å²) >= 11 is 1.57. The lowest BCUT2D eigenvalue weighted by atomic mass is 10.1. The van der Waals surface area contributed by atoms with Crippen molar-refractivity contribution in [2.45, 2.75) is 31.8 Å². The number of primary amides is 1. The van der Waals surface area contributed by atoms with Crippen LogP contribution in [0.25, 0.3) is 10.2 Å². The molecule has 0 bridgehead atoms. The molecule has 3 aromatic rings. The van der Waals surface area contributed by atoms with Crippen molar-refractivity contribution in [2.24, 2.45) is 5.73 Å². The number of hydrogen-bond acceptors (Lipinski definition) is 6. The number of benzene rings is 1.